The van der Waals surface area contributed by atoms with Crippen LogP contribution >= 0.6 is 0 Å². The summed E-state index contributed by atoms with van der Waals surface area (Å²) in [4.78, 5) is 25.2. The van der Waals surface area contributed by atoms with Crippen LogP contribution in [0.5, 0.6) is 0 Å². The molecule has 4 nitrogen and oxygen atoms in total. The number of anilines is 1. The van der Waals surface area contributed by atoms with Crippen molar-refractivity contribution in [2.75, 3.05) is 5.32 Å². The molecule has 0 aliphatic rings. The molecule has 0 unspecified atom stereocenters. The molecule has 0 aliphatic carbocycles. The van der Waals surface area contributed by atoms with Gasteiger partial charge in [0.1, 0.15) is 5.69 Å². The highest BCUT2D eigenvalue weighted by Crippen LogP contribution is 2.16. The predicted octanol–water partition coefficient (Wildman–Crippen LogP) is 2.64. The number of benzene rings is 1. The Bertz CT molecular complexity index is 573. The van der Waals surface area contributed by atoms with Crippen molar-refractivity contribution in [2.24, 2.45) is 0 Å². The molecular formula is C14H14N2O2. The third-order valence-corrected chi connectivity index (χ3v) is 2.73. The third-order valence-electron chi connectivity index (χ3n) is 2.73. The SMILES string of the molecule is CCc1ccccc1NC(=O)c1ccc(C=O)[nH]1. The van der Waals surface area contributed by atoms with E-state index in [0.717, 1.165) is 17.7 Å². The van der Waals surface area contributed by atoms with E-state index in [9.17, 15) is 9.59 Å². The molecule has 92 valence electrons. The molecule has 0 atom stereocenters. The molecule has 2 N–H and O–H groups in total. The van der Waals surface area contributed by atoms with E-state index in [1.54, 1.807) is 12.1 Å². The molecule has 1 heterocycles. The molecular weight excluding hydrogens is 228 g/mol. The second-order valence-corrected chi connectivity index (χ2v) is 3.91. The van der Waals surface area contributed by atoms with E-state index in [1.807, 2.05) is 31.2 Å². The molecule has 0 radical (unpaired) electrons. The van der Waals surface area contributed by atoms with E-state index in [-0.39, 0.29) is 5.91 Å². The maximum Gasteiger partial charge on any atom is 0.272 e. The van der Waals surface area contributed by atoms with Gasteiger partial charge in [0.15, 0.2) is 6.29 Å². The fourth-order valence-electron chi connectivity index (χ4n) is 1.75. The molecule has 4 heteroatoms. The van der Waals surface area contributed by atoms with Gasteiger partial charge < -0.3 is 10.3 Å². The minimum Gasteiger partial charge on any atom is -0.348 e. The number of hydrogen-bond acceptors (Lipinski definition) is 2. The minimum absolute atomic E-state index is 0.246. The number of H-pyrrole nitrogens is 1. The Morgan fingerprint density at radius 3 is 2.72 bits per heavy atom. The van der Waals surface area contributed by atoms with Crippen molar-refractivity contribution in [3.63, 3.8) is 0 Å². The monoisotopic (exact) mass is 242 g/mol. The Balaban J connectivity index is 2.18. The van der Waals surface area contributed by atoms with Gasteiger partial charge in [-0.25, -0.2) is 0 Å². The molecule has 1 aromatic heterocycles. The number of aromatic nitrogens is 1. The highest BCUT2D eigenvalue weighted by molar-refractivity contribution is 6.03. The summed E-state index contributed by atoms with van der Waals surface area (Å²) < 4.78 is 0. The highest BCUT2D eigenvalue weighted by atomic mass is 16.2. The van der Waals surface area contributed by atoms with Crippen LogP contribution in [0.1, 0.15) is 33.5 Å². The average molecular weight is 242 g/mol. The van der Waals surface area contributed by atoms with Gasteiger partial charge in [-0.05, 0) is 30.2 Å². The van der Waals surface area contributed by atoms with Crippen LogP contribution in [-0.2, 0) is 6.42 Å². The van der Waals surface area contributed by atoms with Gasteiger partial charge in [-0.3, -0.25) is 9.59 Å². The zero-order chi connectivity index (χ0) is 13.0. The van der Waals surface area contributed by atoms with Crippen molar-refractivity contribution in [1.29, 1.82) is 0 Å². The second kappa shape index (κ2) is 5.31. The summed E-state index contributed by atoms with van der Waals surface area (Å²) in [7, 11) is 0. The molecule has 0 fully saturated rings. The number of nitrogens with one attached hydrogen (secondary N) is 2. The lowest BCUT2D eigenvalue weighted by Gasteiger charge is -2.08. The van der Waals surface area contributed by atoms with Crippen LogP contribution in [0.15, 0.2) is 36.4 Å². The van der Waals surface area contributed by atoms with E-state index >= 15 is 0 Å². The smallest absolute Gasteiger partial charge is 0.272 e. The number of para-hydroxylation sites is 1. The predicted molar refractivity (Wildman–Crippen MR) is 70.0 cm³/mol. The topological polar surface area (TPSA) is 62.0 Å². The van der Waals surface area contributed by atoms with Gasteiger partial charge in [0.2, 0.25) is 0 Å². The van der Waals surface area contributed by atoms with Gasteiger partial charge in [-0.1, -0.05) is 25.1 Å². The summed E-state index contributed by atoms with van der Waals surface area (Å²) in [5.41, 5.74) is 2.65. The first kappa shape index (κ1) is 12.1. The van der Waals surface area contributed by atoms with Gasteiger partial charge in [0.25, 0.3) is 5.91 Å². The maximum atomic E-state index is 12.0. The van der Waals surface area contributed by atoms with E-state index < -0.39 is 0 Å². The number of rotatable bonds is 4. The fraction of sp³-hybridized carbons (Fsp3) is 0.143. The van der Waals surface area contributed by atoms with Crippen LogP contribution in [0, 0.1) is 0 Å². The largest absolute Gasteiger partial charge is 0.348 e. The second-order valence-electron chi connectivity index (χ2n) is 3.91. The Labute approximate surface area is 105 Å². The van der Waals surface area contributed by atoms with Crippen molar-refractivity contribution in [3.8, 4) is 0 Å². The van der Waals surface area contributed by atoms with Crippen LogP contribution in [0.25, 0.3) is 0 Å². The van der Waals surface area contributed by atoms with Gasteiger partial charge in [0, 0.05) is 5.69 Å². The van der Waals surface area contributed by atoms with Crippen molar-refractivity contribution >= 4 is 17.9 Å². The van der Waals surface area contributed by atoms with E-state index in [4.69, 9.17) is 0 Å². The molecule has 18 heavy (non-hydrogen) atoms. The lowest BCUT2D eigenvalue weighted by Crippen LogP contribution is -2.13. The Kier molecular flexibility index (Phi) is 3.57. The molecule has 2 rings (SSSR count). The van der Waals surface area contributed by atoms with Crippen LogP contribution in [0.3, 0.4) is 0 Å². The standard InChI is InChI=1S/C14H14N2O2/c1-2-10-5-3-4-6-12(10)16-14(18)13-8-7-11(9-17)15-13/h3-9,15H,2H2,1H3,(H,16,18). The third kappa shape index (κ3) is 2.48. The average Bonchev–Trinajstić information content (AvgIpc) is 2.88. The Morgan fingerprint density at radius 1 is 1.28 bits per heavy atom. The Hall–Kier alpha value is -2.36. The van der Waals surface area contributed by atoms with Crippen LogP contribution in [0.2, 0.25) is 0 Å². The van der Waals surface area contributed by atoms with Crippen molar-refractivity contribution in [2.45, 2.75) is 13.3 Å². The van der Waals surface area contributed by atoms with Gasteiger partial charge >= 0.3 is 0 Å². The lowest BCUT2D eigenvalue weighted by molar-refractivity contribution is 0.102. The van der Waals surface area contributed by atoms with E-state index in [2.05, 4.69) is 10.3 Å². The molecule has 0 spiro atoms. The first-order valence-electron chi connectivity index (χ1n) is 5.78. The summed E-state index contributed by atoms with van der Waals surface area (Å²) >= 11 is 0. The van der Waals surface area contributed by atoms with E-state index in [1.165, 1.54) is 0 Å². The molecule has 0 saturated heterocycles. The molecule has 0 saturated carbocycles. The summed E-state index contributed by atoms with van der Waals surface area (Å²) in [6.07, 6.45) is 1.53. The quantitative estimate of drug-likeness (QED) is 0.809. The Morgan fingerprint density at radius 2 is 2.06 bits per heavy atom. The van der Waals surface area contributed by atoms with Gasteiger partial charge in [-0.15, -0.1) is 0 Å². The highest BCUT2D eigenvalue weighted by Gasteiger charge is 2.09. The minimum atomic E-state index is -0.246. The molecule has 0 aliphatic heterocycles. The number of hydrogen-bond donors (Lipinski definition) is 2. The van der Waals surface area contributed by atoms with Crippen LogP contribution in [0.4, 0.5) is 5.69 Å². The summed E-state index contributed by atoms with van der Waals surface area (Å²) in [5.74, 6) is -0.246. The van der Waals surface area contributed by atoms with E-state index in [0.29, 0.717) is 17.7 Å². The molecule has 1 amide bonds. The first-order valence-corrected chi connectivity index (χ1v) is 5.78. The van der Waals surface area contributed by atoms with Crippen molar-refractivity contribution in [3.05, 3.63) is 53.3 Å². The summed E-state index contributed by atoms with van der Waals surface area (Å²) in [6.45, 7) is 2.03. The summed E-state index contributed by atoms with van der Waals surface area (Å²) in [5, 5.41) is 2.83. The zero-order valence-electron chi connectivity index (χ0n) is 10.1. The number of aldehydes is 1. The number of aromatic amines is 1. The molecule has 1 aromatic carbocycles. The van der Waals surface area contributed by atoms with Gasteiger partial charge in [0.05, 0.1) is 5.69 Å². The lowest BCUT2D eigenvalue weighted by atomic mass is 10.1. The zero-order valence-corrected chi connectivity index (χ0v) is 10.1. The maximum absolute atomic E-state index is 12.0. The first-order chi connectivity index (χ1) is 8.74. The number of carbonyl (C=O) groups is 2. The van der Waals surface area contributed by atoms with Gasteiger partial charge in [-0.2, -0.15) is 0 Å². The van der Waals surface area contributed by atoms with Crippen LogP contribution in [-0.4, -0.2) is 17.2 Å². The van der Waals surface area contributed by atoms with Crippen LogP contribution < -0.4 is 5.32 Å². The molecule has 0 bridgehead atoms. The molecule has 2 aromatic rings. The number of amides is 1. The van der Waals surface area contributed by atoms with Crippen molar-refractivity contribution in [1.82, 2.24) is 4.98 Å². The fourth-order valence-corrected chi connectivity index (χ4v) is 1.75. The normalized spacial score (nSPS) is 10.1. The number of aryl methyl sites for hydroxylation is 1. The summed E-state index contributed by atoms with van der Waals surface area (Å²) in [6, 6.07) is 10.8. The number of carbonyl (C=O) groups excluding carboxylic acids is 2. The van der Waals surface area contributed by atoms with Crippen molar-refractivity contribution < 1.29 is 9.59 Å².